The number of carbonyl (C=O) groups is 2. The molecule has 0 aromatic carbocycles. The number of ether oxygens (including phenoxy) is 1. The molecule has 5 nitrogen and oxygen atoms in total. The Morgan fingerprint density at radius 3 is 2.35 bits per heavy atom. The van der Waals surface area contributed by atoms with Crippen LogP contribution in [0.5, 0.6) is 0 Å². The molecule has 1 N–H and O–H groups in total. The minimum atomic E-state index is -1.92. The van der Waals surface area contributed by atoms with Crippen molar-refractivity contribution in [1.29, 1.82) is 0 Å². The van der Waals surface area contributed by atoms with E-state index in [-0.39, 0.29) is 41.4 Å². The van der Waals surface area contributed by atoms with Crippen LogP contribution in [0.1, 0.15) is 34.1 Å². The van der Waals surface area contributed by atoms with Crippen molar-refractivity contribution in [3.63, 3.8) is 0 Å². The number of amides is 1. The molecule has 1 amide bonds. The summed E-state index contributed by atoms with van der Waals surface area (Å²) in [6.45, 7) is 12.7. The van der Waals surface area contributed by atoms with E-state index in [2.05, 4.69) is 43.9 Å². The van der Waals surface area contributed by atoms with Crippen LogP contribution in [0.3, 0.4) is 0 Å². The van der Waals surface area contributed by atoms with E-state index >= 15 is 0 Å². The molecule has 1 rings (SSSR count). The van der Waals surface area contributed by atoms with Gasteiger partial charge in [0.25, 0.3) is 0 Å². The summed E-state index contributed by atoms with van der Waals surface area (Å²) in [5, 5.41) is 2.86. The zero-order chi connectivity index (χ0) is 15.7. The molecule has 0 spiro atoms. The lowest BCUT2D eigenvalue weighted by molar-refractivity contribution is -0.147. The number of carbonyl (C=O) groups excluding carboxylic acids is 2. The Kier molecular flexibility index (Phi) is 5.02. The van der Waals surface area contributed by atoms with Crippen molar-refractivity contribution in [3.8, 4) is 0 Å². The molecule has 0 saturated carbocycles. The van der Waals surface area contributed by atoms with Crippen LogP contribution in [0.2, 0.25) is 18.1 Å². The molecule has 1 saturated heterocycles. The predicted molar refractivity (Wildman–Crippen MR) is 79.8 cm³/mol. The highest BCUT2D eigenvalue weighted by Gasteiger charge is 2.47. The summed E-state index contributed by atoms with van der Waals surface area (Å²) in [4.78, 5) is 23.1. The number of methoxy groups -OCH3 is 1. The third-order valence-electron chi connectivity index (χ3n) is 4.47. The zero-order valence-corrected chi connectivity index (χ0v) is 14.6. The van der Waals surface area contributed by atoms with E-state index in [0.29, 0.717) is 0 Å². The Morgan fingerprint density at radius 1 is 1.40 bits per heavy atom. The largest absolute Gasteiger partial charge is 0.469 e. The van der Waals surface area contributed by atoms with Gasteiger partial charge in [0, 0.05) is 0 Å². The normalized spacial score (nSPS) is 24.6. The topological polar surface area (TPSA) is 64.6 Å². The second-order valence-electron chi connectivity index (χ2n) is 7.00. The first-order valence-corrected chi connectivity index (χ1v) is 9.95. The molecule has 1 fully saturated rings. The van der Waals surface area contributed by atoms with Crippen LogP contribution in [0.25, 0.3) is 0 Å². The van der Waals surface area contributed by atoms with Gasteiger partial charge in [0.1, 0.15) is 0 Å². The second-order valence-corrected chi connectivity index (χ2v) is 11.8. The second kappa shape index (κ2) is 5.85. The maximum atomic E-state index is 11.8. The monoisotopic (exact) mass is 301 g/mol. The summed E-state index contributed by atoms with van der Waals surface area (Å²) in [6.07, 6.45) is 0.0253. The molecule has 0 aromatic heterocycles. The van der Waals surface area contributed by atoms with Gasteiger partial charge < -0.3 is 14.5 Å². The lowest BCUT2D eigenvalue weighted by atomic mass is 9.84. The van der Waals surface area contributed by atoms with Crippen LogP contribution in [0.4, 0.5) is 0 Å². The molecular weight excluding hydrogens is 274 g/mol. The Bertz CT molecular complexity index is 389. The minimum Gasteiger partial charge on any atom is -0.469 e. The number of hydrogen-bond acceptors (Lipinski definition) is 4. The summed E-state index contributed by atoms with van der Waals surface area (Å²) in [6, 6.07) is -0.172. The van der Waals surface area contributed by atoms with E-state index in [9.17, 15) is 9.59 Å². The number of esters is 1. The lowest BCUT2D eigenvalue weighted by Crippen LogP contribution is -2.64. The van der Waals surface area contributed by atoms with E-state index in [0.717, 1.165) is 0 Å². The number of rotatable bonds is 5. The van der Waals surface area contributed by atoms with E-state index in [1.54, 1.807) is 0 Å². The Hall–Kier alpha value is -0.883. The molecule has 6 heteroatoms. The highest BCUT2D eigenvalue weighted by atomic mass is 28.4. The molecule has 0 aliphatic carbocycles. The number of nitrogens with one attached hydrogen (secondary N) is 1. The van der Waals surface area contributed by atoms with Crippen LogP contribution in [0, 0.1) is 5.92 Å². The quantitative estimate of drug-likeness (QED) is 0.480. The van der Waals surface area contributed by atoms with Gasteiger partial charge in [-0.3, -0.25) is 9.59 Å². The first-order chi connectivity index (χ1) is 8.99. The summed E-state index contributed by atoms with van der Waals surface area (Å²) >= 11 is 0. The van der Waals surface area contributed by atoms with Gasteiger partial charge in [-0.15, -0.1) is 0 Å². The van der Waals surface area contributed by atoms with Crippen LogP contribution >= 0.6 is 0 Å². The van der Waals surface area contributed by atoms with Gasteiger partial charge in [-0.05, 0) is 25.1 Å². The van der Waals surface area contributed by atoms with Crippen LogP contribution in [-0.2, 0) is 18.8 Å². The molecule has 1 aliphatic rings. The van der Waals surface area contributed by atoms with Crippen molar-refractivity contribution in [2.75, 3.05) is 7.11 Å². The summed E-state index contributed by atoms with van der Waals surface area (Å²) in [5.74, 6) is -0.604. The SMILES string of the molecule is COC(=O)C[C@@H]1NC(=O)[C@@H]1[C@@H](C)O[Si](C)(C)C(C)(C)C. The minimum absolute atomic E-state index is 0.0369. The maximum absolute atomic E-state index is 11.8. The molecule has 0 bridgehead atoms. The van der Waals surface area contributed by atoms with E-state index in [1.807, 2.05) is 6.92 Å². The van der Waals surface area contributed by atoms with Crippen LogP contribution in [-0.4, -0.2) is 39.4 Å². The first-order valence-electron chi connectivity index (χ1n) is 7.04. The average molecular weight is 301 g/mol. The number of hydrogen-bond donors (Lipinski definition) is 1. The van der Waals surface area contributed by atoms with Crippen LogP contribution < -0.4 is 5.32 Å². The Morgan fingerprint density at radius 2 is 1.95 bits per heavy atom. The molecule has 20 heavy (non-hydrogen) atoms. The molecular formula is C14H27NO4Si. The summed E-state index contributed by atoms with van der Waals surface area (Å²) < 4.78 is 10.9. The fourth-order valence-electron chi connectivity index (χ4n) is 2.15. The Balaban J connectivity index is 2.68. The van der Waals surface area contributed by atoms with Crippen molar-refractivity contribution >= 4 is 20.2 Å². The van der Waals surface area contributed by atoms with Gasteiger partial charge >= 0.3 is 5.97 Å². The van der Waals surface area contributed by atoms with Crippen LogP contribution in [0.15, 0.2) is 0 Å². The molecule has 0 radical (unpaired) electrons. The van der Waals surface area contributed by atoms with Gasteiger partial charge in [-0.25, -0.2) is 0 Å². The van der Waals surface area contributed by atoms with E-state index < -0.39 is 8.32 Å². The highest BCUT2D eigenvalue weighted by Crippen LogP contribution is 2.39. The molecule has 1 aliphatic heterocycles. The van der Waals surface area contributed by atoms with Crippen molar-refractivity contribution in [2.24, 2.45) is 5.92 Å². The average Bonchev–Trinajstić information content (AvgIpc) is 2.25. The van der Waals surface area contributed by atoms with Gasteiger partial charge in [0.15, 0.2) is 8.32 Å². The molecule has 1 heterocycles. The fourth-order valence-corrected chi connectivity index (χ4v) is 3.58. The molecule has 116 valence electrons. The smallest absolute Gasteiger partial charge is 0.307 e. The fraction of sp³-hybridized carbons (Fsp3) is 0.857. The standard InChI is InChI=1S/C14H27NO4Si/c1-9(19-20(6,7)14(2,3)4)12-10(15-13(12)17)8-11(16)18-5/h9-10,12H,8H2,1-7H3,(H,15,17)/t9-,10+,12-/m1/s1. The Labute approximate surface area is 122 Å². The van der Waals surface area contributed by atoms with Crippen molar-refractivity contribution in [1.82, 2.24) is 5.32 Å². The highest BCUT2D eigenvalue weighted by molar-refractivity contribution is 6.74. The lowest BCUT2D eigenvalue weighted by Gasteiger charge is -2.45. The zero-order valence-electron chi connectivity index (χ0n) is 13.6. The van der Waals surface area contributed by atoms with E-state index in [4.69, 9.17) is 4.43 Å². The third-order valence-corrected chi connectivity index (χ3v) is 9.04. The van der Waals surface area contributed by atoms with Gasteiger partial charge in [-0.2, -0.15) is 0 Å². The van der Waals surface area contributed by atoms with Crippen molar-refractivity contribution in [3.05, 3.63) is 0 Å². The molecule has 3 atom stereocenters. The van der Waals surface area contributed by atoms with Crippen molar-refractivity contribution in [2.45, 2.75) is 64.4 Å². The van der Waals surface area contributed by atoms with E-state index in [1.165, 1.54) is 7.11 Å². The van der Waals surface area contributed by atoms with Crippen molar-refractivity contribution < 1.29 is 18.8 Å². The molecule has 0 aromatic rings. The summed E-state index contributed by atoms with van der Waals surface area (Å²) in [7, 11) is -0.562. The number of β-lactam (4-membered cyclic amide) rings is 1. The first kappa shape index (κ1) is 17.2. The summed E-state index contributed by atoms with van der Waals surface area (Å²) in [5.41, 5.74) is 0. The predicted octanol–water partition coefficient (Wildman–Crippen LogP) is 2.07. The third kappa shape index (κ3) is 3.61. The van der Waals surface area contributed by atoms with Gasteiger partial charge in [0.2, 0.25) is 5.91 Å². The van der Waals surface area contributed by atoms with Gasteiger partial charge in [0.05, 0.1) is 31.6 Å². The maximum Gasteiger partial charge on any atom is 0.307 e. The van der Waals surface area contributed by atoms with Gasteiger partial charge in [-0.1, -0.05) is 20.8 Å². The molecule has 0 unspecified atom stereocenters.